The molecule has 0 fully saturated rings. The van der Waals surface area contributed by atoms with Gasteiger partial charge in [-0.15, -0.1) is 11.3 Å². The molecule has 0 saturated carbocycles. The number of benzene rings is 1. The lowest BCUT2D eigenvalue weighted by Gasteiger charge is -2.19. The molecule has 0 radical (unpaired) electrons. The molecule has 0 unspecified atom stereocenters. The van der Waals surface area contributed by atoms with E-state index in [4.69, 9.17) is 5.73 Å². The van der Waals surface area contributed by atoms with Crippen molar-refractivity contribution >= 4 is 39.0 Å². The highest BCUT2D eigenvalue weighted by Gasteiger charge is 2.14. The molecule has 3 aromatic rings. The molecule has 2 heterocycles. The van der Waals surface area contributed by atoms with Gasteiger partial charge in [0.2, 0.25) is 5.95 Å². The number of nitrogens with two attached hydrogens (primary N) is 1. The first-order valence-corrected chi connectivity index (χ1v) is 7.76. The van der Waals surface area contributed by atoms with Gasteiger partial charge in [0.15, 0.2) is 0 Å². The molecule has 0 amide bonds. The summed E-state index contributed by atoms with van der Waals surface area (Å²) >= 11 is 1.68. The zero-order valence-corrected chi connectivity index (χ0v) is 13.2. The summed E-state index contributed by atoms with van der Waals surface area (Å²) in [6.45, 7) is 4.23. The zero-order valence-electron chi connectivity index (χ0n) is 12.4. The average Bonchev–Trinajstić information content (AvgIpc) is 2.88. The second-order valence-electron chi connectivity index (χ2n) is 5.09. The van der Waals surface area contributed by atoms with Crippen LogP contribution < -0.4 is 10.6 Å². The first-order valence-electron chi connectivity index (χ1n) is 6.95. The molecule has 4 nitrogen and oxygen atoms in total. The van der Waals surface area contributed by atoms with Crippen LogP contribution in [0.25, 0.3) is 10.2 Å². The first-order chi connectivity index (χ1) is 10.1. The number of thiophene rings is 1. The lowest BCUT2D eigenvalue weighted by molar-refractivity contribution is 1.12. The fraction of sp³-hybridized carbons (Fsp3) is 0.250. The van der Waals surface area contributed by atoms with E-state index in [-0.39, 0.29) is 0 Å². The van der Waals surface area contributed by atoms with Crippen molar-refractivity contribution in [1.82, 2.24) is 9.97 Å². The molecule has 1 aromatic carbocycles. The molecule has 0 aliphatic carbocycles. The maximum Gasteiger partial charge on any atom is 0.223 e. The van der Waals surface area contributed by atoms with Crippen LogP contribution in [0.3, 0.4) is 0 Å². The Morgan fingerprint density at radius 3 is 2.76 bits per heavy atom. The van der Waals surface area contributed by atoms with E-state index in [9.17, 15) is 0 Å². The maximum absolute atomic E-state index is 5.88. The Balaban J connectivity index is 2.16. The number of hydrogen-bond acceptors (Lipinski definition) is 5. The molecule has 0 saturated heterocycles. The minimum absolute atomic E-state index is 0.321. The molecule has 0 aliphatic heterocycles. The van der Waals surface area contributed by atoms with Crippen molar-refractivity contribution in [2.45, 2.75) is 20.3 Å². The highest BCUT2D eigenvalue weighted by Crippen LogP contribution is 2.34. The predicted molar refractivity (Wildman–Crippen MR) is 90.4 cm³/mol. The predicted octanol–water partition coefficient (Wildman–Crippen LogP) is 3.91. The highest BCUT2D eigenvalue weighted by molar-refractivity contribution is 7.18. The number of aromatic nitrogens is 2. The third-order valence-corrected chi connectivity index (χ3v) is 4.67. The van der Waals surface area contributed by atoms with Crippen molar-refractivity contribution in [3.63, 3.8) is 0 Å². The summed E-state index contributed by atoms with van der Waals surface area (Å²) in [5, 5.41) is 1.06. The van der Waals surface area contributed by atoms with Gasteiger partial charge in [0, 0.05) is 17.6 Å². The summed E-state index contributed by atoms with van der Waals surface area (Å²) < 4.78 is 0. The van der Waals surface area contributed by atoms with E-state index < -0.39 is 0 Å². The van der Waals surface area contributed by atoms with Gasteiger partial charge in [0.25, 0.3) is 0 Å². The van der Waals surface area contributed by atoms with Gasteiger partial charge < -0.3 is 10.6 Å². The summed E-state index contributed by atoms with van der Waals surface area (Å²) in [4.78, 5) is 13.1. The molecule has 2 N–H and O–H groups in total. The van der Waals surface area contributed by atoms with Crippen LogP contribution in [0.2, 0.25) is 0 Å². The molecule has 0 bridgehead atoms. The number of anilines is 3. The lowest BCUT2D eigenvalue weighted by atomic mass is 10.2. The number of nitrogens with zero attached hydrogens (tertiary/aromatic N) is 3. The van der Waals surface area contributed by atoms with Crippen molar-refractivity contribution in [3.8, 4) is 0 Å². The zero-order chi connectivity index (χ0) is 15.0. The third kappa shape index (κ3) is 2.56. The van der Waals surface area contributed by atoms with E-state index in [1.165, 1.54) is 10.4 Å². The van der Waals surface area contributed by atoms with Crippen LogP contribution in [0.1, 0.15) is 17.4 Å². The van der Waals surface area contributed by atoms with Gasteiger partial charge in [-0.2, -0.15) is 4.98 Å². The van der Waals surface area contributed by atoms with Gasteiger partial charge in [0.05, 0.1) is 5.39 Å². The fourth-order valence-electron chi connectivity index (χ4n) is 2.36. The number of nitrogen functional groups attached to an aromatic ring is 1. The van der Waals surface area contributed by atoms with Gasteiger partial charge in [-0.1, -0.05) is 19.1 Å². The fourth-order valence-corrected chi connectivity index (χ4v) is 3.33. The van der Waals surface area contributed by atoms with Crippen molar-refractivity contribution in [1.29, 1.82) is 0 Å². The molecule has 5 heteroatoms. The van der Waals surface area contributed by atoms with Gasteiger partial charge in [-0.3, -0.25) is 0 Å². The average molecular weight is 298 g/mol. The van der Waals surface area contributed by atoms with E-state index in [1.807, 2.05) is 13.1 Å². The molecule has 108 valence electrons. The monoisotopic (exact) mass is 298 g/mol. The standard InChI is InChI=1S/C16H18N4S/c1-4-12-9-13-14(18-16(17)19-15(13)21-12)20(3)11-7-5-6-10(2)8-11/h5-9H,4H2,1-3H3,(H2,17,18,19). The minimum atomic E-state index is 0.321. The Labute approximate surface area is 128 Å². The molecular weight excluding hydrogens is 280 g/mol. The van der Waals surface area contributed by atoms with Crippen LogP contribution in [-0.2, 0) is 6.42 Å². The molecule has 0 aliphatic rings. The largest absolute Gasteiger partial charge is 0.368 e. The van der Waals surface area contributed by atoms with Crippen molar-refractivity contribution in [3.05, 3.63) is 40.8 Å². The second kappa shape index (κ2) is 5.33. The number of aryl methyl sites for hydroxylation is 2. The van der Waals surface area contributed by atoms with Gasteiger partial charge >= 0.3 is 0 Å². The van der Waals surface area contributed by atoms with Crippen molar-refractivity contribution in [2.24, 2.45) is 0 Å². The summed E-state index contributed by atoms with van der Waals surface area (Å²) in [6, 6.07) is 10.5. The van der Waals surface area contributed by atoms with Gasteiger partial charge in [0.1, 0.15) is 10.6 Å². The van der Waals surface area contributed by atoms with Crippen LogP contribution in [-0.4, -0.2) is 17.0 Å². The summed E-state index contributed by atoms with van der Waals surface area (Å²) in [7, 11) is 2.01. The van der Waals surface area contributed by atoms with Crippen molar-refractivity contribution in [2.75, 3.05) is 17.7 Å². The lowest BCUT2D eigenvalue weighted by Crippen LogP contribution is -2.13. The Morgan fingerprint density at radius 2 is 2.05 bits per heavy atom. The molecule has 3 rings (SSSR count). The topological polar surface area (TPSA) is 55.0 Å². The number of rotatable bonds is 3. The maximum atomic E-state index is 5.88. The first kappa shape index (κ1) is 13.8. The number of hydrogen-bond donors (Lipinski definition) is 1. The number of fused-ring (bicyclic) bond motifs is 1. The summed E-state index contributed by atoms with van der Waals surface area (Å²) in [6.07, 6.45) is 0.995. The smallest absolute Gasteiger partial charge is 0.223 e. The minimum Gasteiger partial charge on any atom is -0.368 e. The van der Waals surface area contributed by atoms with E-state index in [1.54, 1.807) is 11.3 Å². The van der Waals surface area contributed by atoms with Crippen molar-refractivity contribution < 1.29 is 0 Å². The van der Waals surface area contributed by atoms with E-state index in [0.29, 0.717) is 5.95 Å². The van der Waals surface area contributed by atoms with Crippen LogP contribution in [0.5, 0.6) is 0 Å². The molecule has 2 aromatic heterocycles. The van der Waals surface area contributed by atoms with Crippen LogP contribution in [0.4, 0.5) is 17.5 Å². The summed E-state index contributed by atoms with van der Waals surface area (Å²) in [5.74, 6) is 1.18. The van der Waals surface area contributed by atoms with Crippen LogP contribution in [0.15, 0.2) is 30.3 Å². The quantitative estimate of drug-likeness (QED) is 0.796. The van der Waals surface area contributed by atoms with E-state index >= 15 is 0 Å². The van der Waals surface area contributed by atoms with Crippen LogP contribution >= 0.6 is 11.3 Å². The Hall–Kier alpha value is -2.14. The van der Waals surface area contributed by atoms with E-state index in [2.05, 4.69) is 53.0 Å². The van der Waals surface area contributed by atoms with Gasteiger partial charge in [-0.05, 0) is 37.1 Å². The Bertz CT molecular complexity index is 794. The summed E-state index contributed by atoms with van der Waals surface area (Å²) in [5.41, 5.74) is 8.19. The SMILES string of the molecule is CCc1cc2c(N(C)c3cccc(C)c3)nc(N)nc2s1. The van der Waals surface area contributed by atoms with Gasteiger partial charge in [-0.25, -0.2) is 4.98 Å². The molecule has 0 atom stereocenters. The molecule has 21 heavy (non-hydrogen) atoms. The molecular formula is C16H18N4S. The normalized spacial score (nSPS) is 11.0. The van der Waals surface area contributed by atoms with E-state index in [0.717, 1.165) is 28.1 Å². The highest BCUT2D eigenvalue weighted by atomic mass is 32.1. The Kier molecular flexibility index (Phi) is 3.51. The molecule has 0 spiro atoms. The Morgan fingerprint density at radius 1 is 1.24 bits per heavy atom. The van der Waals surface area contributed by atoms with Crippen LogP contribution in [0, 0.1) is 6.92 Å². The third-order valence-electron chi connectivity index (χ3n) is 3.50. The second-order valence-corrected chi connectivity index (χ2v) is 6.20.